The minimum atomic E-state index is -4.14. The summed E-state index contributed by atoms with van der Waals surface area (Å²) in [5, 5.41) is -0.539. The van der Waals surface area contributed by atoms with Crippen molar-refractivity contribution >= 4 is 33.4 Å². The Morgan fingerprint density at radius 2 is 2.22 bits per heavy atom. The summed E-state index contributed by atoms with van der Waals surface area (Å²) in [6.45, 7) is 0. The van der Waals surface area contributed by atoms with Gasteiger partial charge in [-0.1, -0.05) is 17.7 Å². The van der Waals surface area contributed by atoms with Gasteiger partial charge in [0.15, 0.2) is 10.2 Å². The van der Waals surface area contributed by atoms with E-state index in [0.717, 1.165) is 7.11 Å². The second kappa shape index (κ2) is 4.46. The largest absolute Gasteiger partial charge is 0.452 e. The molecule has 2 heterocycles. The maximum absolute atomic E-state index is 11.9. The predicted molar refractivity (Wildman–Crippen MR) is 62.9 cm³/mol. The number of rotatable bonds is 2. The number of pyridine rings is 1. The van der Waals surface area contributed by atoms with Crippen LogP contribution in [0.5, 0.6) is 0 Å². The van der Waals surface area contributed by atoms with Crippen LogP contribution >= 0.6 is 11.6 Å². The Labute approximate surface area is 107 Å². The number of amides is 1. The van der Waals surface area contributed by atoms with Gasteiger partial charge in [0, 0.05) is 6.20 Å². The average molecular weight is 290 g/mol. The standard InChI is InChI=1S/C9H8ClN3O4S/c1-17-9(14)12-18(15,16)8-7(10)11-6-4-2-3-5-13(6)8/h2-5H,1H3,(H,12,14). The molecule has 0 aliphatic rings. The number of ether oxygens (including phenoxy) is 1. The molecule has 96 valence electrons. The summed E-state index contributed by atoms with van der Waals surface area (Å²) in [6, 6.07) is 4.88. The van der Waals surface area contributed by atoms with E-state index in [1.165, 1.54) is 10.6 Å². The topological polar surface area (TPSA) is 89.8 Å². The first-order valence-electron chi connectivity index (χ1n) is 4.69. The number of hydrogen-bond donors (Lipinski definition) is 1. The van der Waals surface area contributed by atoms with E-state index in [9.17, 15) is 13.2 Å². The Balaban J connectivity index is 2.60. The molecule has 0 aliphatic heterocycles. The van der Waals surface area contributed by atoms with Gasteiger partial charge < -0.3 is 4.74 Å². The number of hydrogen-bond acceptors (Lipinski definition) is 5. The molecule has 0 bridgehead atoms. The highest BCUT2D eigenvalue weighted by Gasteiger charge is 2.26. The van der Waals surface area contributed by atoms with Gasteiger partial charge in [-0.05, 0) is 12.1 Å². The van der Waals surface area contributed by atoms with E-state index in [-0.39, 0.29) is 10.2 Å². The summed E-state index contributed by atoms with van der Waals surface area (Å²) in [5.41, 5.74) is 0.354. The van der Waals surface area contributed by atoms with E-state index in [1.54, 1.807) is 22.9 Å². The Kier molecular flexibility index (Phi) is 3.14. The molecule has 0 atom stereocenters. The fourth-order valence-electron chi connectivity index (χ4n) is 1.38. The lowest BCUT2D eigenvalue weighted by atomic mass is 10.5. The van der Waals surface area contributed by atoms with Gasteiger partial charge in [-0.25, -0.2) is 14.5 Å². The average Bonchev–Trinajstić information content (AvgIpc) is 2.64. The molecule has 9 heteroatoms. The summed E-state index contributed by atoms with van der Waals surface area (Å²) < 4.78 is 31.1. The van der Waals surface area contributed by atoms with Gasteiger partial charge in [-0.15, -0.1) is 0 Å². The fraction of sp³-hybridized carbons (Fsp3) is 0.111. The first-order chi connectivity index (χ1) is 8.45. The van der Waals surface area contributed by atoms with Crippen LogP contribution in [0.4, 0.5) is 4.79 Å². The van der Waals surface area contributed by atoms with Gasteiger partial charge in [0.1, 0.15) is 5.65 Å². The fourth-order valence-corrected chi connectivity index (χ4v) is 2.95. The minimum Gasteiger partial charge on any atom is -0.452 e. The van der Waals surface area contributed by atoms with Crippen molar-refractivity contribution < 1.29 is 17.9 Å². The van der Waals surface area contributed by atoms with E-state index in [4.69, 9.17) is 11.6 Å². The van der Waals surface area contributed by atoms with E-state index >= 15 is 0 Å². The quantitative estimate of drug-likeness (QED) is 0.892. The maximum atomic E-state index is 11.9. The molecule has 0 aliphatic carbocycles. The monoisotopic (exact) mass is 289 g/mol. The van der Waals surface area contributed by atoms with Gasteiger partial charge in [0.25, 0.3) is 10.0 Å². The normalized spacial score (nSPS) is 11.4. The van der Waals surface area contributed by atoms with Gasteiger partial charge in [0.05, 0.1) is 7.11 Å². The molecule has 0 radical (unpaired) electrons. The second-order valence-corrected chi connectivity index (χ2v) is 5.19. The van der Waals surface area contributed by atoms with Crippen molar-refractivity contribution in [2.45, 2.75) is 5.03 Å². The third-order valence-corrected chi connectivity index (χ3v) is 3.81. The number of aromatic nitrogens is 2. The molecular weight excluding hydrogens is 282 g/mol. The zero-order valence-electron chi connectivity index (χ0n) is 9.12. The number of methoxy groups -OCH3 is 1. The number of sulfonamides is 1. The summed E-state index contributed by atoms with van der Waals surface area (Å²) >= 11 is 5.78. The molecule has 2 aromatic rings. The van der Waals surface area contributed by atoms with Crippen LogP contribution in [0.3, 0.4) is 0 Å². The van der Waals surface area contributed by atoms with Crippen molar-refractivity contribution in [3.63, 3.8) is 0 Å². The first-order valence-corrected chi connectivity index (χ1v) is 6.55. The van der Waals surface area contributed by atoms with Gasteiger partial charge >= 0.3 is 6.09 Å². The molecule has 2 aromatic heterocycles. The molecule has 1 N–H and O–H groups in total. The highest BCUT2D eigenvalue weighted by Crippen LogP contribution is 2.22. The zero-order chi connectivity index (χ0) is 13.3. The summed E-state index contributed by atoms with van der Waals surface area (Å²) in [4.78, 5) is 14.9. The third kappa shape index (κ3) is 2.12. The molecule has 0 aromatic carbocycles. The third-order valence-electron chi connectivity index (χ3n) is 2.10. The number of carbonyl (C=O) groups excluding carboxylic acids is 1. The van der Waals surface area contributed by atoms with Crippen molar-refractivity contribution in [1.29, 1.82) is 0 Å². The number of halogens is 1. The summed E-state index contributed by atoms with van der Waals surface area (Å²) in [6.07, 6.45) is 0.372. The summed E-state index contributed by atoms with van der Waals surface area (Å²) in [5.74, 6) is 0. The van der Waals surface area contributed by atoms with Gasteiger partial charge in [-0.3, -0.25) is 4.40 Å². The number of fused-ring (bicyclic) bond motifs is 1. The number of nitrogens with zero attached hydrogens (tertiary/aromatic N) is 2. The SMILES string of the molecule is COC(=O)NS(=O)(=O)c1c(Cl)nc2ccccn12. The molecular formula is C9H8ClN3O4S. The van der Waals surface area contributed by atoms with Crippen LogP contribution in [-0.4, -0.2) is 31.0 Å². The van der Waals surface area contributed by atoms with Crippen molar-refractivity contribution in [3.8, 4) is 0 Å². The lowest BCUT2D eigenvalue weighted by Gasteiger charge is -2.05. The molecule has 0 saturated carbocycles. The number of nitrogens with one attached hydrogen (secondary N) is 1. The molecule has 0 saturated heterocycles. The molecule has 7 nitrogen and oxygen atoms in total. The highest BCUT2D eigenvalue weighted by molar-refractivity contribution is 7.90. The van der Waals surface area contributed by atoms with Gasteiger partial charge in [0.2, 0.25) is 0 Å². The molecule has 0 fully saturated rings. The van der Waals surface area contributed by atoms with Crippen LogP contribution in [0.1, 0.15) is 0 Å². The molecule has 0 unspecified atom stereocenters. The van der Waals surface area contributed by atoms with Crippen molar-refractivity contribution in [2.24, 2.45) is 0 Å². The van der Waals surface area contributed by atoms with Crippen molar-refractivity contribution in [3.05, 3.63) is 29.5 Å². The van der Waals surface area contributed by atoms with Crippen LogP contribution < -0.4 is 4.72 Å². The summed E-state index contributed by atoms with van der Waals surface area (Å²) in [7, 11) is -3.09. The first kappa shape index (κ1) is 12.7. The second-order valence-electron chi connectivity index (χ2n) is 3.23. The molecule has 0 spiro atoms. The lowest BCUT2D eigenvalue weighted by molar-refractivity contribution is 0.177. The Morgan fingerprint density at radius 3 is 2.89 bits per heavy atom. The van der Waals surface area contributed by atoms with Crippen LogP contribution in [0.25, 0.3) is 5.65 Å². The van der Waals surface area contributed by atoms with Crippen LogP contribution in [0, 0.1) is 0 Å². The minimum absolute atomic E-state index is 0.224. The van der Waals surface area contributed by atoms with E-state index in [0.29, 0.717) is 5.65 Å². The van der Waals surface area contributed by atoms with E-state index in [2.05, 4.69) is 9.72 Å². The Hall–Kier alpha value is -1.80. The number of carbonyl (C=O) groups is 1. The smallest absolute Gasteiger partial charge is 0.420 e. The zero-order valence-corrected chi connectivity index (χ0v) is 10.7. The molecule has 18 heavy (non-hydrogen) atoms. The Morgan fingerprint density at radius 1 is 1.50 bits per heavy atom. The van der Waals surface area contributed by atoms with E-state index < -0.39 is 16.1 Å². The predicted octanol–water partition coefficient (Wildman–Crippen LogP) is 1.03. The van der Waals surface area contributed by atoms with Crippen LogP contribution in [0.2, 0.25) is 5.15 Å². The number of imidazole rings is 1. The van der Waals surface area contributed by atoms with Crippen molar-refractivity contribution in [1.82, 2.24) is 14.1 Å². The highest BCUT2D eigenvalue weighted by atomic mass is 35.5. The maximum Gasteiger partial charge on any atom is 0.420 e. The molecule has 1 amide bonds. The molecule has 2 rings (SSSR count). The van der Waals surface area contributed by atoms with Crippen LogP contribution in [-0.2, 0) is 14.8 Å². The van der Waals surface area contributed by atoms with Gasteiger partial charge in [-0.2, -0.15) is 8.42 Å². The lowest BCUT2D eigenvalue weighted by Crippen LogP contribution is -2.31. The van der Waals surface area contributed by atoms with E-state index in [1.807, 2.05) is 0 Å². The van der Waals surface area contributed by atoms with Crippen LogP contribution in [0.15, 0.2) is 29.4 Å². The Bertz CT molecular complexity index is 710. The van der Waals surface area contributed by atoms with Crippen molar-refractivity contribution in [2.75, 3.05) is 7.11 Å².